The van der Waals surface area contributed by atoms with Gasteiger partial charge in [0.2, 0.25) is 0 Å². The maximum absolute atomic E-state index is 5.60. The monoisotopic (exact) mass is 438 g/mol. The van der Waals surface area contributed by atoms with Crippen LogP contribution in [0, 0.1) is 6.92 Å². The highest BCUT2D eigenvalue weighted by molar-refractivity contribution is 6.04. The van der Waals surface area contributed by atoms with Crippen molar-refractivity contribution >= 4 is 5.71 Å². The van der Waals surface area contributed by atoms with E-state index in [0.29, 0.717) is 6.42 Å². The van der Waals surface area contributed by atoms with E-state index in [-0.39, 0.29) is 6.04 Å². The first-order valence-electron chi connectivity index (χ1n) is 10.9. The van der Waals surface area contributed by atoms with Crippen molar-refractivity contribution in [3.63, 3.8) is 0 Å². The zero-order valence-electron chi connectivity index (χ0n) is 18.9. The SMILES string of the molecule is COc1ccc(OC)c(C2=NNC(c3c(C)nn(-c4ccccc4)c3-c3ccccc3)C2)c1. The van der Waals surface area contributed by atoms with Gasteiger partial charge >= 0.3 is 0 Å². The molecule has 1 aromatic heterocycles. The minimum Gasteiger partial charge on any atom is -0.497 e. The van der Waals surface area contributed by atoms with Gasteiger partial charge in [0.25, 0.3) is 0 Å². The van der Waals surface area contributed by atoms with Crippen LogP contribution in [0.2, 0.25) is 0 Å². The van der Waals surface area contributed by atoms with Crippen LogP contribution in [0.4, 0.5) is 0 Å². The van der Waals surface area contributed by atoms with Gasteiger partial charge < -0.3 is 14.9 Å². The van der Waals surface area contributed by atoms with Crippen LogP contribution in [-0.2, 0) is 0 Å². The maximum atomic E-state index is 5.60. The summed E-state index contributed by atoms with van der Waals surface area (Å²) >= 11 is 0. The Balaban J connectivity index is 1.57. The molecule has 0 saturated carbocycles. The third-order valence-corrected chi connectivity index (χ3v) is 5.97. The quantitative estimate of drug-likeness (QED) is 0.444. The summed E-state index contributed by atoms with van der Waals surface area (Å²) in [4.78, 5) is 0. The van der Waals surface area contributed by atoms with Crippen LogP contribution >= 0.6 is 0 Å². The fourth-order valence-electron chi connectivity index (χ4n) is 4.40. The van der Waals surface area contributed by atoms with Gasteiger partial charge in [-0.2, -0.15) is 10.2 Å². The fourth-order valence-corrected chi connectivity index (χ4v) is 4.40. The van der Waals surface area contributed by atoms with E-state index in [4.69, 9.17) is 19.7 Å². The maximum Gasteiger partial charge on any atom is 0.128 e. The molecule has 6 heteroatoms. The summed E-state index contributed by atoms with van der Waals surface area (Å²) in [5.41, 5.74) is 10.6. The average Bonchev–Trinajstić information content (AvgIpc) is 3.49. The van der Waals surface area contributed by atoms with Gasteiger partial charge in [-0.3, -0.25) is 0 Å². The lowest BCUT2D eigenvalue weighted by molar-refractivity contribution is 0.402. The smallest absolute Gasteiger partial charge is 0.128 e. The normalized spacial score (nSPS) is 15.1. The fraction of sp³-hybridized carbons (Fsp3) is 0.185. The molecule has 166 valence electrons. The summed E-state index contributed by atoms with van der Waals surface area (Å²) in [6.07, 6.45) is 0.713. The minimum absolute atomic E-state index is 0.0106. The molecule has 33 heavy (non-hydrogen) atoms. The number of hydrogen-bond acceptors (Lipinski definition) is 5. The van der Waals surface area contributed by atoms with Crippen molar-refractivity contribution in [2.24, 2.45) is 5.10 Å². The first-order valence-corrected chi connectivity index (χ1v) is 10.9. The van der Waals surface area contributed by atoms with Crippen molar-refractivity contribution in [1.82, 2.24) is 15.2 Å². The number of hydrazone groups is 1. The van der Waals surface area contributed by atoms with Crippen LogP contribution < -0.4 is 14.9 Å². The Labute approximate surface area is 193 Å². The molecule has 1 aliphatic heterocycles. The first-order chi connectivity index (χ1) is 16.2. The molecule has 0 spiro atoms. The Bertz CT molecular complexity index is 1300. The highest BCUT2D eigenvalue weighted by atomic mass is 16.5. The highest BCUT2D eigenvalue weighted by Gasteiger charge is 2.30. The molecule has 0 bridgehead atoms. The molecule has 3 aromatic carbocycles. The van der Waals surface area contributed by atoms with E-state index in [0.717, 1.165) is 51.0 Å². The third-order valence-electron chi connectivity index (χ3n) is 5.97. The number of nitrogens with one attached hydrogen (secondary N) is 1. The zero-order chi connectivity index (χ0) is 22.8. The molecule has 0 fully saturated rings. The molecule has 0 radical (unpaired) electrons. The van der Waals surface area contributed by atoms with E-state index < -0.39 is 0 Å². The standard InChI is InChI=1S/C27H26N4O2/c1-18-26(24-17-23(28-29-24)22-16-21(32-2)14-15-25(22)33-3)27(19-10-6-4-7-11-19)31(30-18)20-12-8-5-9-13-20/h4-16,24,29H,17H2,1-3H3. The Morgan fingerprint density at radius 2 is 1.64 bits per heavy atom. The number of aryl methyl sites for hydroxylation is 1. The molecule has 0 aliphatic carbocycles. The van der Waals surface area contributed by atoms with Crippen molar-refractivity contribution < 1.29 is 9.47 Å². The second-order valence-corrected chi connectivity index (χ2v) is 7.97. The number of benzene rings is 3. The Kier molecular flexibility index (Phi) is 5.57. The van der Waals surface area contributed by atoms with Crippen LogP contribution in [0.3, 0.4) is 0 Å². The predicted molar refractivity (Wildman–Crippen MR) is 130 cm³/mol. The Morgan fingerprint density at radius 3 is 2.33 bits per heavy atom. The number of methoxy groups -OCH3 is 2. The van der Waals surface area contributed by atoms with Gasteiger partial charge in [0.1, 0.15) is 11.5 Å². The zero-order valence-corrected chi connectivity index (χ0v) is 18.9. The van der Waals surface area contributed by atoms with Gasteiger partial charge in [0.15, 0.2) is 0 Å². The Morgan fingerprint density at radius 1 is 0.909 bits per heavy atom. The lowest BCUT2D eigenvalue weighted by atomic mass is 9.94. The summed E-state index contributed by atoms with van der Waals surface area (Å²) in [5, 5.41) is 9.64. The molecular formula is C27H26N4O2. The summed E-state index contributed by atoms with van der Waals surface area (Å²) in [5.74, 6) is 1.55. The van der Waals surface area contributed by atoms with E-state index in [1.54, 1.807) is 14.2 Å². The average molecular weight is 439 g/mol. The molecular weight excluding hydrogens is 412 g/mol. The van der Waals surface area contributed by atoms with Gasteiger partial charge in [0, 0.05) is 23.1 Å². The van der Waals surface area contributed by atoms with Crippen molar-refractivity contribution in [2.45, 2.75) is 19.4 Å². The molecule has 1 unspecified atom stereocenters. The summed E-state index contributed by atoms with van der Waals surface area (Å²) in [6, 6.07) is 26.4. The molecule has 0 amide bonds. The lowest BCUT2D eigenvalue weighted by Crippen LogP contribution is -2.12. The molecule has 0 saturated heterocycles. The number of rotatable bonds is 6. The number of para-hydroxylation sites is 1. The molecule has 1 N–H and O–H groups in total. The van der Waals surface area contributed by atoms with E-state index >= 15 is 0 Å². The number of nitrogens with zero attached hydrogens (tertiary/aromatic N) is 3. The van der Waals surface area contributed by atoms with Crippen LogP contribution in [-0.4, -0.2) is 29.7 Å². The minimum atomic E-state index is -0.0106. The second kappa shape index (κ2) is 8.82. The van der Waals surface area contributed by atoms with Gasteiger partial charge in [-0.25, -0.2) is 4.68 Å². The summed E-state index contributed by atoms with van der Waals surface area (Å²) in [6.45, 7) is 2.06. The van der Waals surface area contributed by atoms with Gasteiger partial charge in [-0.15, -0.1) is 0 Å². The van der Waals surface area contributed by atoms with E-state index in [1.165, 1.54) is 0 Å². The summed E-state index contributed by atoms with van der Waals surface area (Å²) in [7, 11) is 3.34. The van der Waals surface area contributed by atoms with E-state index in [9.17, 15) is 0 Å². The molecule has 5 rings (SSSR count). The second-order valence-electron chi connectivity index (χ2n) is 7.97. The van der Waals surface area contributed by atoms with Crippen molar-refractivity contribution in [3.05, 3.63) is 95.7 Å². The number of hydrogen-bond donors (Lipinski definition) is 1. The molecule has 1 atom stereocenters. The molecule has 6 nitrogen and oxygen atoms in total. The number of ether oxygens (including phenoxy) is 2. The van der Waals surface area contributed by atoms with Crippen LogP contribution in [0.1, 0.15) is 29.3 Å². The van der Waals surface area contributed by atoms with E-state index in [2.05, 4.69) is 48.7 Å². The topological polar surface area (TPSA) is 60.7 Å². The lowest BCUT2D eigenvalue weighted by Gasteiger charge is -2.15. The van der Waals surface area contributed by atoms with Gasteiger partial charge in [-0.1, -0.05) is 48.5 Å². The van der Waals surface area contributed by atoms with E-state index in [1.807, 2.05) is 47.1 Å². The van der Waals surface area contributed by atoms with Crippen LogP contribution in [0.25, 0.3) is 16.9 Å². The van der Waals surface area contributed by atoms with Crippen LogP contribution in [0.5, 0.6) is 11.5 Å². The molecule has 2 heterocycles. The van der Waals surface area contributed by atoms with Gasteiger partial charge in [0.05, 0.1) is 43.0 Å². The summed E-state index contributed by atoms with van der Waals surface area (Å²) < 4.78 is 13.1. The third kappa shape index (κ3) is 3.84. The van der Waals surface area contributed by atoms with Gasteiger partial charge in [-0.05, 0) is 37.3 Å². The first kappa shape index (κ1) is 20.8. The van der Waals surface area contributed by atoms with Crippen molar-refractivity contribution in [2.75, 3.05) is 14.2 Å². The number of aromatic nitrogens is 2. The predicted octanol–water partition coefficient (Wildman–Crippen LogP) is 5.30. The largest absolute Gasteiger partial charge is 0.497 e. The molecule has 4 aromatic rings. The van der Waals surface area contributed by atoms with Crippen molar-refractivity contribution in [1.29, 1.82) is 0 Å². The highest BCUT2D eigenvalue weighted by Crippen LogP contribution is 2.38. The Hall–Kier alpha value is -4.06. The van der Waals surface area contributed by atoms with Crippen LogP contribution in [0.15, 0.2) is 84.0 Å². The molecule has 1 aliphatic rings. The van der Waals surface area contributed by atoms with Crippen molar-refractivity contribution in [3.8, 4) is 28.4 Å².